The minimum Gasteiger partial charge on any atom is -0.476 e. The number of thioether (sulfide) groups is 1. The summed E-state index contributed by atoms with van der Waals surface area (Å²) >= 11 is 6.16. The van der Waals surface area contributed by atoms with Crippen molar-refractivity contribution < 1.29 is 9.90 Å². The number of anilines is 1. The Morgan fingerprint density at radius 1 is 1.56 bits per heavy atom. The Bertz CT molecular complexity index is 586. The lowest BCUT2D eigenvalue weighted by Crippen LogP contribution is -1.95. The fourth-order valence-electron chi connectivity index (χ4n) is 1.26. The van der Waals surface area contributed by atoms with Crippen molar-refractivity contribution in [2.75, 3.05) is 5.73 Å². The first-order chi connectivity index (χ1) is 8.56. The Balaban J connectivity index is 2.04. The second-order valence-electron chi connectivity index (χ2n) is 3.43. The summed E-state index contributed by atoms with van der Waals surface area (Å²) in [5.41, 5.74) is 7.13. The van der Waals surface area contributed by atoms with Gasteiger partial charge in [0.25, 0.3) is 0 Å². The van der Waals surface area contributed by atoms with E-state index in [0.717, 1.165) is 26.4 Å². The Morgan fingerprint density at radius 3 is 2.94 bits per heavy atom. The van der Waals surface area contributed by atoms with Crippen molar-refractivity contribution in [3.05, 3.63) is 38.8 Å². The number of halogens is 1. The zero-order valence-electron chi connectivity index (χ0n) is 9.09. The van der Waals surface area contributed by atoms with Crippen LogP contribution >= 0.6 is 39.0 Å². The molecule has 3 N–H and O–H groups in total. The third-order valence-corrected chi connectivity index (χ3v) is 4.97. The lowest BCUT2D eigenvalue weighted by molar-refractivity contribution is 0.0696. The summed E-state index contributed by atoms with van der Waals surface area (Å²) in [7, 11) is 0. The highest BCUT2D eigenvalue weighted by Crippen LogP contribution is 2.31. The summed E-state index contributed by atoms with van der Waals surface area (Å²) < 4.78 is 0.932. The molecule has 94 valence electrons. The van der Waals surface area contributed by atoms with Gasteiger partial charge in [-0.2, -0.15) is 0 Å². The quantitative estimate of drug-likeness (QED) is 0.655. The first-order valence-corrected chi connectivity index (χ1v) is 7.57. The lowest BCUT2D eigenvalue weighted by atomic mass is 10.3. The molecule has 4 nitrogen and oxygen atoms in total. The van der Waals surface area contributed by atoms with E-state index in [1.54, 1.807) is 17.1 Å². The van der Waals surface area contributed by atoms with E-state index < -0.39 is 5.97 Å². The van der Waals surface area contributed by atoms with Gasteiger partial charge in [-0.25, -0.2) is 9.78 Å². The van der Waals surface area contributed by atoms with E-state index in [1.807, 2.05) is 18.2 Å². The van der Waals surface area contributed by atoms with E-state index in [0.29, 0.717) is 11.4 Å². The second kappa shape index (κ2) is 5.73. The number of nitrogens with two attached hydrogens (primary N) is 1. The van der Waals surface area contributed by atoms with Crippen molar-refractivity contribution in [1.29, 1.82) is 0 Å². The predicted octanol–water partition coefficient (Wildman–Crippen LogP) is 3.48. The number of nitrogens with zero attached hydrogens (tertiary/aromatic N) is 1. The van der Waals surface area contributed by atoms with Crippen LogP contribution in [0.1, 0.15) is 15.5 Å². The fraction of sp³-hybridized carbons (Fsp3) is 0.0909. The number of carboxylic acids is 1. The molecule has 2 aromatic rings. The molecule has 18 heavy (non-hydrogen) atoms. The van der Waals surface area contributed by atoms with E-state index in [4.69, 9.17) is 10.8 Å². The molecule has 0 fully saturated rings. The van der Waals surface area contributed by atoms with Gasteiger partial charge in [-0.1, -0.05) is 0 Å². The van der Waals surface area contributed by atoms with Crippen molar-refractivity contribution in [2.45, 2.75) is 10.6 Å². The van der Waals surface area contributed by atoms with Crippen LogP contribution in [0.3, 0.4) is 0 Å². The number of hydrogen-bond acceptors (Lipinski definition) is 5. The summed E-state index contributed by atoms with van der Waals surface area (Å²) in [6.45, 7) is 0. The van der Waals surface area contributed by atoms with Crippen molar-refractivity contribution in [3.8, 4) is 0 Å². The van der Waals surface area contributed by atoms with Gasteiger partial charge in [-0.3, -0.25) is 0 Å². The van der Waals surface area contributed by atoms with Crippen molar-refractivity contribution >= 4 is 50.7 Å². The number of aromatic carboxylic acids is 1. The first kappa shape index (κ1) is 13.4. The standard InChI is InChI=1S/C11H9BrN2O2S2/c12-8-3-6(13)1-2-9(8)17-4-7-5-18-10(14-7)11(15)16/h1-3,5H,4,13H2,(H,15,16). The van der Waals surface area contributed by atoms with Crippen LogP contribution in [-0.4, -0.2) is 16.1 Å². The number of rotatable bonds is 4. The molecular weight excluding hydrogens is 336 g/mol. The molecule has 7 heteroatoms. The largest absolute Gasteiger partial charge is 0.476 e. The van der Waals surface area contributed by atoms with E-state index in [2.05, 4.69) is 20.9 Å². The molecule has 0 saturated heterocycles. The van der Waals surface area contributed by atoms with Gasteiger partial charge in [-0.05, 0) is 34.1 Å². The zero-order valence-corrected chi connectivity index (χ0v) is 12.3. The van der Waals surface area contributed by atoms with Crippen LogP contribution in [0.15, 0.2) is 32.9 Å². The highest BCUT2D eigenvalue weighted by Gasteiger charge is 2.09. The molecule has 0 radical (unpaired) electrons. The molecule has 0 spiro atoms. The Hall–Kier alpha value is -1.05. The van der Waals surface area contributed by atoms with Crippen molar-refractivity contribution in [1.82, 2.24) is 4.98 Å². The summed E-state index contributed by atoms with van der Waals surface area (Å²) in [5.74, 6) is -0.350. The average molecular weight is 345 g/mol. The highest BCUT2D eigenvalue weighted by atomic mass is 79.9. The molecular formula is C11H9BrN2O2S2. The molecule has 0 aliphatic heterocycles. The van der Waals surface area contributed by atoms with Gasteiger partial charge in [0.05, 0.1) is 5.69 Å². The number of hydrogen-bond donors (Lipinski definition) is 2. The van der Waals surface area contributed by atoms with E-state index in [9.17, 15) is 4.79 Å². The predicted molar refractivity (Wildman–Crippen MR) is 77.2 cm³/mol. The van der Waals surface area contributed by atoms with Crippen LogP contribution in [-0.2, 0) is 5.75 Å². The first-order valence-electron chi connectivity index (χ1n) is 4.92. The van der Waals surface area contributed by atoms with Crippen LogP contribution in [0.25, 0.3) is 0 Å². The summed E-state index contributed by atoms with van der Waals surface area (Å²) in [6.07, 6.45) is 0. The van der Waals surface area contributed by atoms with E-state index in [1.165, 1.54) is 0 Å². The molecule has 1 heterocycles. The number of thiazole rings is 1. The number of aromatic nitrogens is 1. The second-order valence-corrected chi connectivity index (χ2v) is 6.16. The lowest BCUT2D eigenvalue weighted by Gasteiger charge is -2.03. The summed E-state index contributed by atoms with van der Waals surface area (Å²) in [5, 5.41) is 10.7. The van der Waals surface area contributed by atoms with Crippen LogP contribution in [0.4, 0.5) is 5.69 Å². The Morgan fingerprint density at radius 2 is 2.33 bits per heavy atom. The smallest absolute Gasteiger partial charge is 0.365 e. The molecule has 0 amide bonds. The minimum absolute atomic E-state index is 0.127. The molecule has 0 aliphatic carbocycles. The number of carbonyl (C=O) groups is 1. The van der Waals surface area contributed by atoms with Crippen molar-refractivity contribution in [2.24, 2.45) is 0 Å². The molecule has 1 aromatic heterocycles. The molecule has 1 aromatic carbocycles. The Labute approximate surface area is 120 Å². The van der Waals surface area contributed by atoms with E-state index >= 15 is 0 Å². The van der Waals surface area contributed by atoms with Gasteiger partial charge in [0.2, 0.25) is 5.01 Å². The molecule has 0 unspecified atom stereocenters. The number of nitrogen functional groups attached to an aromatic ring is 1. The molecule has 0 atom stereocenters. The molecule has 0 bridgehead atoms. The van der Waals surface area contributed by atoms with Gasteiger partial charge in [0.1, 0.15) is 0 Å². The third-order valence-electron chi connectivity index (χ3n) is 2.07. The molecule has 2 rings (SSSR count). The van der Waals surface area contributed by atoms with Crippen LogP contribution in [0.5, 0.6) is 0 Å². The maximum Gasteiger partial charge on any atom is 0.365 e. The van der Waals surface area contributed by atoms with Crippen LogP contribution in [0.2, 0.25) is 0 Å². The average Bonchev–Trinajstić information content (AvgIpc) is 2.76. The molecule has 0 aliphatic rings. The fourth-order valence-corrected chi connectivity index (χ4v) is 3.57. The normalized spacial score (nSPS) is 10.5. The topological polar surface area (TPSA) is 76.2 Å². The maximum atomic E-state index is 10.7. The van der Waals surface area contributed by atoms with E-state index in [-0.39, 0.29) is 5.01 Å². The maximum absolute atomic E-state index is 10.7. The van der Waals surface area contributed by atoms with Gasteiger partial charge in [0, 0.05) is 26.2 Å². The van der Waals surface area contributed by atoms with Gasteiger partial charge in [-0.15, -0.1) is 23.1 Å². The Kier molecular flexibility index (Phi) is 4.26. The third kappa shape index (κ3) is 3.24. The van der Waals surface area contributed by atoms with Gasteiger partial charge < -0.3 is 10.8 Å². The molecule has 0 saturated carbocycles. The van der Waals surface area contributed by atoms with Gasteiger partial charge >= 0.3 is 5.97 Å². The number of benzene rings is 1. The van der Waals surface area contributed by atoms with Gasteiger partial charge in [0.15, 0.2) is 0 Å². The summed E-state index contributed by atoms with van der Waals surface area (Å²) in [4.78, 5) is 15.8. The van der Waals surface area contributed by atoms with Crippen molar-refractivity contribution in [3.63, 3.8) is 0 Å². The monoisotopic (exact) mass is 344 g/mol. The van der Waals surface area contributed by atoms with Crippen LogP contribution < -0.4 is 5.73 Å². The zero-order chi connectivity index (χ0) is 13.1. The highest BCUT2D eigenvalue weighted by molar-refractivity contribution is 9.10. The number of carboxylic acid groups (broad SMARTS) is 1. The van der Waals surface area contributed by atoms with Crippen LogP contribution in [0, 0.1) is 0 Å². The SMILES string of the molecule is Nc1ccc(SCc2csc(C(=O)O)n2)c(Br)c1. The summed E-state index contributed by atoms with van der Waals surface area (Å²) in [6, 6.07) is 5.59. The minimum atomic E-state index is -0.982.